The molecule has 1 heterocycles. The van der Waals surface area contributed by atoms with Crippen molar-refractivity contribution in [3.63, 3.8) is 0 Å². The Hall–Kier alpha value is -1.41. The molecule has 15 heavy (non-hydrogen) atoms. The third kappa shape index (κ3) is 2.54. The van der Waals surface area contributed by atoms with Gasteiger partial charge in [0, 0.05) is 0 Å². The smallest absolute Gasteiger partial charge is 0.377 e. The van der Waals surface area contributed by atoms with E-state index in [4.69, 9.17) is 10.2 Å². The fourth-order valence-corrected chi connectivity index (χ4v) is 1.05. The summed E-state index contributed by atoms with van der Waals surface area (Å²) in [6, 6.07) is 0. The molecule has 2 atom stereocenters. The number of rotatable bonds is 3. The summed E-state index contributed by atoms with van der Waals surface area (Å²) in [5, 5.41) is 26.4. The van der Waals surface area contributed by atoms with Gasteiger partial charge < -0.3 is 24.8 Å². The SMILES string of the molecule is O=C(S)OCC(O)C1OC(=O)C(O)=C1O. The molecule has 84 valence electrons. The molecule has 1 rings (SSSR count). The minimum atomic E-state index is -1.46. The lowest BCUT2D eigenvalue weighted by atomic mass is 10.2. The molecule has 0 saturated heterocycles. The zero-order chi connectivity index (χ0) is 11.6. The largest absolute Gasteiger partial charge is 0.505 e. The summed E-state index contributed by atoms with van der Waals surface area (Å²) in [5.74, 6) is -2.90. The molecule has 0 aromatic heterocycles. The maximum atomic E-state index is 10.7. The van der Waals surface area contributed by atoms with Crippen LogP contribution in [0.2, 0.25) is 0 Å². The summed E-state index contributed by atoms with van der Waals surface area (Å²) >= 11 is 3.27. The van der Waals surface area contributed by atoms with E-state index in [-0.39, 0.29) is 0 Å². The van der Waals surface area contributed by atoms with E-state index in [0.29, 0.717) is 0 Å². The van der Waals surface area contributed by atoms with Crippen LogP contribution in [0.5, 0.6) is 0 Å². The summed E-state index contributed by atoms with van der Waals surface area (Å²) in [7, 11) is 0. The Balaban J connectivity index is 2.59. The van der Waals surface area contributed by atoms with Gasteiger partial charge in [0.15, 0.2) is 11.9 Å². The molecule has 0 saturated carbocycles. The molecule has 1 aliphatic rings. The number of aliphatic hydroxyl groups is 3. The molecule has 7 nitrogen and oxygen atoms in total. The van der Waals surface area contributed by atoms with Crippen LogP contribution < -0.4 is 0 Å². The van der Waals surface area contributed by atoms with Crippen LogP contribution in [0.4, 0.5) is 4.79 Å². The summed E-state index contributed by atoms with van der Waals surface area (Å²) in [4.78, 5) is 21.0. The first-order valence-electron chi connectivity index (χ1n) is 3.80. The van der Waals surface area contributed by atoms with E-state index >= 15 is 0 Å². The highest BCUT2D eigenvalue weighted by molar-refractivity contribution is 7.96. The molecule has 1 aliphatic heterocycles. The normalized spacial score (nSPS) is 22.5. The summed E-state index contributed by atoms with van der Waals surface area (Å²) in [6.07, 6.45) is -2.89. The van der Waals surface area contributed by atoms with E-state index in [2.05, 4.69) is 22.1 Å². The van der Waals surface area contributed by atoms with E-state index < -0.39 is 41.6 Å². The van der Waals surface area contributed by atoms with Crippen molar-refractivity contribution in [3.05, 3.63) is 11.5 Å². The van der Waals surface area contributed by atoms with Gasteiger partial charge in [-0.2, -0.15) is 0 Å². The molecule has 0 aliphatic carbocycles. The third-order valence-electron chi connectivity index (χ3n) is 1.67. The number of thiol groups is 1. The number of cyclic esters (lactones) is 1. The average Bonchev–Trinajstić information content (AvgIpc) is 2.42. The van der Waals surface area contributed by atoms with Crippen molar-refractivity contribution in [2.24, 2.45) is 0 Å². The van der Waals surface area contributed by atoms with Gasteiger partial charge in [-0.3, -0.25) is 0 Å². The van der Waals surface area contributed by atoms with Gasteiger partial charge in [-0.05, 0) is 0 Å². The Kier molecular flexibility index (Phi) is 3.43. The maximum absolute atomic E-state index is 10.7. The number of hydrogen-bond acceptors (Lipinski definition) is 7. The Morgan fingerprint density at radius 3 is 2.60 bits per heavy atom. The molecule has 0 amide bonds. The molecule has 3 N–H and O–H groups in total. The summed E-state index contributed by atoms with van der Waals surface area (Å²) in [6.45, 7) is -0.516. The molecule has 0 radical (unpaired) electrons. The van der Waals surface area contributed by atoms with Crippen LogP contribution in [0.15, 0.2) is 11.5 Å². The highest BCUT2D eigenvalue weighted by atomic mass is 32.1. The number of aliphatic hydroxyl groups excluding tert-OH is 3. The first kappa shape index (κ1) is 11.7. The number of ether oxygens (including phenoxy) is 2. The van der Waals surface area contributed by atoms with Gasteiger partial charge in [-0.15, -0.1) is 0 Å². The van der Waals surface area contributed by atoms with Gasteiger partial charge >= 0.3 is 11.3 Å². The Morgan fingerprint density at radius 2 is 2.20 bits per heavy atom. The van der Waals surface area contributed by atoms with Crippen molar-refractivity contribution < 1.29 is 34.4 Å². The monoisotopic (exact) mass is 236 g/mol. The standard InChI is InChI=1S/C7H8O7S/c8-2(1-13-7(12)15)5-3(9)4(10)6(11)14-5/h2,5,8-10H,1H2,(H,12,15). The quantitative estimate of drug-likeness (QED) is 0.392. The maximum Gasteiger partial charge on any atom is 0.377 e. The van der Waals surface area contributed by atoms with Gasteiger partial charge in [0.1, 0.15) is 12.7 Å². The minimum absolute atomic E-state index is 0.516. The second-order valence-electron chi connectivity index (χ2n) is 2.70. The van der Waals surface area contributed by atoms with Gasteiger partial charge in [-0.25, -0.2) is 9.59 Å². The van der Waals surface area contributed by atoms with Crippen LogP contribution in [0.3, 0.4) is 0 Å². The zero-order valence-electron chi connectivity index (χ0n) is 7.28. The fourth-order valence-electron chi connectivity index (χ4n) is 0.971. The average molecular weight is 236 g/mol. The topological polar surface area (TPSA) is 113 Å². The van der Waals surface area contributed by atoms with Gasteiger partial charge in [-0.1, -0.05) is 12.6 Å². The van der Waals surface area contributed by atoms with Crippen molar-refractivity contribution in [1.29, 1.82) is 0 Å². The Labute approximate surface area is 89.3 Å². The molecule has 0 fully saturated rings. The van der Waals surface area contributed by atoms with Gasteiger partial charge in [0.2, 0.25) is 5.76 Å². The second-order valence-corrected chi connectivity index (χ2v) is 3.07. The van der Waals surface area contributed by atoms with Crippen LogP contribution >= 0.6 is 12.6 Å². The van der Waals surface area contributed by atoms with Crippen molar-refractivity contribution in [2.75, 3.05) is 6.61 Å². The number of carbonyl (C=O) groups is 2. The summed E-state index contributed by atoms with van der Waals surface area (Å²) in [5.41, 5.74) is 0. The van der Waals surface area contributed by atoms with E-state index in [0.717, 1.165) is 0 Å². The molecule has 0 aromatic rings. The predicted molar refractivity (Wildman–Crippen MR) is 48.5 cm³/mol. The number of esters is 1. The van der Waals surface area contributed by atoms with E-state index in [1.54, 1.807) is 0 Å². The van der Waals surface area contributed by atoms with Crippen LogP contribution in [0.1, 0.15) is 0 Å². The Bertz CT molecular complexity index is 323. The minimum Gasteiger partial charge on any atom is -0.505 e. The van der Waals surface area contributed by atoms with E-state index in [1.165, 1.54) is 0 Å². The predicted octanol–water partition coefficient (Wildman–Crippen LogP) is -0.333. The van der Waals surface area contributed by atoms with Crippen molar-refractivity contribution in [3.8, 4) is 0 Å². The van der Waals surface area contributed by atoms with Crippen LogP contribution in [0, 0.1) is 0 Å². The van der Waals surface area contributed by atoms with Crippen LogP contribution in [0.25, 0.3) is 0 Å². The highest BCUT2D eigenvalue weighted by Gasteiger charge is 2.39. The van der Waals surface area contributed by atoms with Crippen molar-refractivity contribution in [2.45, 2.75) is 12.2 Å². The van der Waals surface area contributed by atoms with E-state index in [1.807, 2.05) is 0 Å². The first-order valence-corrected chi connectivity index (χ1v) is 4.25. The molecule has 8 heteroatoms. The number of carbonyl (C=O) groups excluding carboxylic acids is 2. The van der Waals surface area contributed by atoms with E-state index in [9.17, 15) is 14.7 Å². The second kappa shape index (κ2) is 4.41. The van der Waals surface area contributed by atoms with Crippen LogP contribution in [-0.4, -0.2) is 45.4 Å². The third-order valence-corrected chi connectivity index (χ3v) is 1.80. The van der Waals surface area contributed by atoms with Crippen LogP contribution in [-0.2, 0) is 14.3 Å². The molecule has 2 unspecified atom stereocenters. The van der Waals surface area contributed by atoms with Gasteiger partial charge in [0.25, 0.3) is 0 Å². The zero-order valence-corrected chi connectivity index (χ0v) is 8.18. The highest BCUT2D eigenvalue weighted by Crippen LogP contribution is 2.21. The number of hydrogen-bond donors (Lipinski definition) is 4. The van der Waals surface area contributed by atoms with Gasteiger partial charge in [0.05, 0.1) is 0 Å². The molecular weight excluding hydrogens is 228 g/mol. The molecule has 0 spiro atoms. The van der Waals surface area contributed by atoms with Crippen molar-refractivity contribution >= 4 is 23.9 Å². The first-order chi connectivity index (χ1) is 6.93. The van der Waals surface area contributed by atoms with Crippen molar-refractivity contribution in [1.82, 2.24) is 0 Å². The lowest BCUT2D eigenvalue weighted by molar-refractivity contribution is -0.147. The fraction of sp³-hybridized carbons (Fsp3) is 0.429. The lowest BCUT2D eigenvalue weighted by Gasteiger charge is -2.16. The lowest BCUT2D eigenvalue weighted by Crippen LogP contribution is -2.33. The summed E-state index contributed by atoms with van der Waals surface area (Å²) < 4.78 is 8.70. The molecule has 0 aromatic carbocycles. The molecular formula is C7H8O7S. The molecule has 0 bridgehead atoms. The Morgan fingerprint density at radius 1 is 1.60 bits per heavy atom.